The molecule has 0 spiro atoms. The van der Waals surface area contributed by atoms with Crippen LogP contribution in [0.4, 0.5) is 5.69 Å². The molecule has 1 aliphatic heterocycles. The minimum Gasteiger partial charge on any atom is -0.493 e. The van der Waals surface area contributed by atoms with Crippen molar-refractivity contribution < 1.29 is 4.74 Å². The van der Waals surface area contributed by atoms with E-state index in [0.29, 0.717) is 0 Å². The lowest BCUT2D eigenvalue weighted by molar-refractivity contribution is 0.131. The average Bonchev–Trinajstić information content (AvgIpc) is 2.67. The van der Waals surface area contributed by atoms with E-state index in [9.17, 15) is 0 Å². The first kappa shape index (κ1) is 17.4. The van der Waals surface area contributed by atoms with Crippen molar-refractivity contribution >= 4 is 5.69 Å². The van der Waals surface area contributed by atoms with E-state index in [1.165, 1.54) is 55.3 Å². The van der Waals surface area contributed by atoms with Crippen molar-refractivity contribution in [2.75, 3.05) is 24.6 Å². The summed E-state index contributed by atoms with van der Waals surface area (Å²) < 4.78 is 6.25. The zero-order valence-electron chi connectivity index (χ0n) is 16.1. The molecule has 0 bridgehead atoms. The Bertz CT molecular complexity index is 763. The van der Waals surface area contributed by atoms with Gasteiger partial charge in [0.05, 0.1) is 6.61 Å². The Balaban J connectivity index is 1.34. The summed E-state index contributed by atoms with van der Waals surface area (Å²) in [7, 11) is 0. The SMILES string of the molecule is Cc1cc(N2CCC(C)(COc3ccc4c(c3)CCCC4)CC2)ccn1. The summed E-state index contributed by atoms with van der Waals surface area (Å²) in [5.41, 5.74) is 5.67. The third-order valence-corrected chi connectivity index (χ3v) is 6.12. The molecule has 0 unspecified atom stereocenters. The first-order valence-corrected chi connectivity index (χ1v) is 10.0. The molecule has 1 aromatic carbocycles. The summed E-state index contributed by atoms with van der Waals surface area (Å²) in [4.78, 5) is 6.79. The molecule has 138 valence electrons. The maximum absolute atomic E-state index is 6.25. The highest BCUT2D eigenvalue weighted by atomic mass is 16.5. The van der Waals surface area contributed by atoms with E-state index in [1.807, 2.05) is 6.20 Å². The summed E-state index contributed by atoms with van der Waals surface area (Å²) in [6, 6.07) is 11.0. The molecule has 0 atom stereocenters. The fourth-order valence-electron chi connectivity index (χ4n) is 4.23. The monoisotopic (exact) mass is 350 g/mol. The van der Waals surface area contributed by atoms with Crippen molar-refractivity contribution in [3.63, 3.8) is 0 Å². The molecule has 1 aliphatic carbocycles. The molecule has 2 aromatic rings. The minimum absolute atomic E-state index is 0.258. The zero-order chi connectivity index (χ0) is 18.0. The molecule has 0 saturated carbocycles. The lowest BCUT2D eigenvalue weighted by Gasteiger charge is -2.40. The second kappa shape index (κ2) is 7.30. The number of piperidine rings is 1. The number of anilines is 1. The van der Waals surface area contributed by atoms with Crippen molar-refractivity contribution in [3.8, 4) is 5.75 Å². The molecule has 3 nitrogen and oxygen atoms in total. The second-order valence-corrected chi connectivity index (χ2v) is 8.38. The number of ether oxygens (including phenoxy) is 1. The zero-order valence-corrected chi connectivity index (χ0v) is 16.1. The number of rotatable bonds is 4. The summed E-state index contributed by atoms with van der Waals surface area (Å²) in [6.07, 6.45) is 9.34. The number of nitrogens with zero attached hydrogens (tertiary/aromatic N) is 2. The summed E-state index contributed by atoms with van der Waals surface area (Å²) in [5, 5.41) is 0. The van der Waals surface area contributed by atoms with Crippen molar-refractivity contribution in [2.24, 2.45) is 5.41 Å². The number of hydrogen-bond donors (Lipinski definition) is 0. The van der Waals surface area contributed by atoms with Gasteiger partial charge in [-0.15, -0.1) is 0 Å². The van der Waals surface area contributed by atoms with E-state index in [-0.39, 0.29) is 5.41 Å². The highest BCUT2D eigenvalue weighted by Crippen LogP contribution is 2.34. The van der Waals surface area contributed by atoms with Crippen molar-refractivity contribution in [1.82, 2.24) is 4.98 Å². The molecule has 1 aromatic heterocycles. The van der Waals surface area contributed by atoms with E-state index >= 15 is 0 Å². The molecule has 4 rings (SSSR count). The van der Waals surface area contributed by atoms with Crippen LogP contribution in [0.25, 0.3) is 0 Å². The fourth-order valence-corrected chi connectivity index (χ4v) is 4.23. The van der Waals surface area contributed by atoms with Crippen LogP contribution in [-0.2, 0) is 12.8 Å². The van der Waals surface area contributed by atoms with Gasteiger partial charge < -0.3 is 9.64 Å². The van der Waals surface area contributed by atoms with Gasteiger partial charge in [0.1, 0.15) is 5.75 Å². The Labute approximate surface area is 157 Å². The smallest absolute Gasteiger partial charge is 0.119 e. The molecular weight excluding hydrogens is 320 g/mol. The minimum atomic E-state index is 0.258. The predicted octanol–water partition coefficient (Wildman–Crippen LogP) is 4.95. The van der Waals surface area contributed by atoms with Crippen LogP contribution in [-0.4, -0.2) is 24.7 Å². The van der Waals surface area contributed by atoms with Crippen molar-refractivity contribution in [2.45, 2.75) is 52.4 Å². The van der Waals surface area contributed by atoms with Crippen LogP contribution in [0.2, 0.25) is 0 Å². The van der Waals surface area contributed by atoms with Gasteiger partial charge in [-0.25, -0.2) is 0 Å². The van der Waals surface area contributed by atoms with Crippen molar-refractivity contribution in [3.05, 3.63) is 53.3 Å². The van der Waals surface area contributed by atoms with Gasteiger partial charge in [-0.3, -0.25) is 4.98 Å². The molecule has 0 N–H and O–H groups in total. The maximum atomic E-state index is 6.25. The van der Waals surface area contributed by atoms with Gasteiger partial charge in [-0.2, -0.15) is 0 Å². The topological polar surface area (TPSA) is 25.4 Å². The Morgan fingerprint density at radius 3 is 2.58 bits per heavy atom. The van der Waals surface area contributed by atoms with Crippen molar-refractivity contribution in [1.29, 1.82) is 0 Å². The van der Waals surface area contributed by atoms with E-state index in [0.717, 1.165) is 31.1 Å². The normalized spacial score (nSPS) is 19.1. The number of aromatic nitrogens is 1. The number of aryl methyl sites for hydroxylation is 3. The quantitative estimate of drug-likeness (QED) is 0.780. The van der Waals surface area contributed by atoms with Crippen LogP contribution in [0.3, 0.4) is 0 Å². The molecule has 0 amide bonds. The van der Waals surface area contributed by atoms with E-state index < -0.39 is 0 Å². The largest absolute Gasteiger partial charge is 0.493 e. The van der Waals surface area contributed by atoms with E-state index in [2.05, 4.69) is 54.1 Å². The third kappa shape index (κ3) is 3.87. The van der Waals surface area contributed by atoms with Crippen LogP contribution in [0.1, 0.15) is 49.4 Å². The van der Waals surface area contributed by atoms with Gasteiger partial charge in [-0.05, 0) is 80.8 Å². The van der Waals surface area contributed by atoms with Crippen LogP contribution >= 0.6 is 0 Å². The molecule has 2 heterocycles. The van der Waals surface area contributed by atoms with Gasteiger partial charge in [0.2, 0.25) is 0 Å². The Morgan fingerprint density at radius 1 is 1.04 bits per heavy atom. The molecule has 1 saturated heterocycles. The van der Waals surface area contributed by atoms with Gasteiger partial charge in [0, 0.05) is 36.1 Å². The molecule has 3 heteroatoms. The summed E-state index contributed by atoms with van der Waals surface area (Å²) >= 11 is 0. The predicted molar refractivity (Wildman–Crippen MR) is 107 cm³/mol. The van der Waals surface area contributed by atoms with Crippen LogP contribution in [0, 0.1) is 12.3 Å². The average molecular weight is 351 g/mol. The first-order valence-electron chi connectivity index (χ1n) is 10.0. The third-order valence-electron chi connectivity index (χ3n) is 6.12. The highest BCUT2D eigenvalue weighted by molar-refractivity contribution is 5.46. The molecule has 1 fully saturated rings. The lowest BCUT2D eigenvalue weighted by Crippen LogP contribution is -2.41. The van der Waals surface area contributed by atoms with Crippen LogP contribution in [0.15, 0.2) is 36.5 Å². The number of pyridine rings is 1. The maximum Gasteiger partial charge on any atom is 0.119 e. The Hall–Kier alpha value is -2.03. The van der Waals surface area contributed by atoms with Gasteiger partial charge >= 0.3 is 0 Å². The second-order valence-electron chi connectivity index (χ2n) is 8.38. The first-order chi connectivity index (χ1) is 12.6. The van der Waals surface area contributed by atoms with E-state index in [1.54, 1.807) is 0 Å². The molecular formula is C23H30N2O. The fraction of sp³-hybridized carbons (Fsp3) is 0.522. The van der Waals surface area contributed by atoms with Gasteiger partial charge in [0.15, 0.2) is 0 Å². The van der Waals surface area contributed by atoms with Gasteiger partial charge in [-0.1, -0.05) is 13.0 Å². The summed E-state index contributed by atoms with van der Waals surface area (Å²) in [6.45, 7) is 7.43. The summed E-state index contributed by atoms with van der Waals surface area (Å²) in [5.74, 6) is 1.05. The number of benzene rings is 1. The Morgan fingerprint density at radius 2 is 1.81 bits per heavy atom. The Kier molecular flexibility index (Phi) is 4.88. The van der Waals surface area contributed by atoms with E-state index in [4.69, 9.17) is 4.74 Å². The van der Waals surface area contributed by atoms with Gasteiger partial charge in [0.25, 0.3) is 0 Å². The lowest BCUT2D eigenvalue weighted by atomic mass is 9.81. The number of hydrogen-bond acceptors (Lipinski definition) is 3. The highest BCUT2D eigenvalue weighted by Gasteiger charge is 2.31. The number of fused-ring (bicyclic) bond motifs is 1. The molecule has 2 aliphatic rings. The standard InChI is InChI=1S/C23H30N2O/c1-18-15-21(9-12-24-18)25-13-10-23(2,11-14-25)17-26-22-8-7-19-5-3-4-6-20(19)16-22/h7-9,12,15-16H,3-6,10-11,13-14,17H2,1-2H3. The molecule has 0 radical (unpaired) electrons. The van der Waals surface area contributed by atoms with Crippen LogP contribution < -0.4 is 9.64 Å². The van der Waals surface area contributed by atoms with Crippen LogP contribution in [0.5, 0.6) is 5.75 Å². The molecule has 26 heavy (non-hydrogen) atoms.